The molecule has 0 bridgehead atoms. The van der Waals surface area contributed by atoms with E-state index in [1.54, 1.807) is 0 Å². The molecule has 0 amide bonds. The van der Waals surface area contributed by atoms with E-state index in [1.807, 2.05) is 0 Å². The van der Waals surface area contributed by atoms with Crippen LogP contribution in [0.15, 0.2) is 12.7 Å². The predicted molar refractivity (Wildman–Crippen MR) is 73.6 cm³/mol. The van der Waals surface area contributed by atoms with Crippen LogP contribution in [0.3, 0.4) is 0 Å². The molecule has 0 unspecified atom stereocenters. The van der Waals surface area contributed by atoms with E-state index in [4.69, 9.17) is 15.7 Å². The van der Waals surface area contributed by atoms with Crippen LogP contribution in [0, 0.1) is 0 Å². The summed E-state index contributed by atoms with van der Waals surface area (Å²) in [5.41, 5.74) is 2.37. The minimum absolute atomic E-state index is 0.0215. The lowest BCUT2D eigenvalue weighted by atomic mass is 10.4. The maximum absolute atomic E-state index is 8.58. The van der Waals surface area contributed by atoms with Crippen molar-refractivity contribution in [1.82, 2.24) is 29.7 Å². The second-order valence-electron chi connectivity index (χ2n) is 3.88. The van der Waals surface area contributed by atoms with E-state index in [-0.39, 0.29) is 12.6 Å². The van der Waals surface area contributed by atoms with Crippen LogP contribution in [-0.4, -0.2) is 61.2 Å². The minimum atomic E-state index is 0.0215. The SMILES string of the molecule is NNc1nc(NCCCOCCO)nc(-n2cncn2)n1. The molecular formula is C10H17N9O2. The highest BCUT2D eigenvalue weighted by Crippen LogP contribution is 2.07. The lowest BCUT2D eigenvalue weighted by molar-refractivity contribution is 0.0921. The number of hydrazine groups is 1. The fraction of sp³-hybridized carbons (Fsp3) is 0.500. The fourth-order valence-electron chi connectivity index (χ4n) is 1.46. The van der Waals surface area contributed by atoms with Crippen molar-refractivity contribution in [2.75, 3.05) is 37.1 Å². The third kappa shape index (κ3) is 4.59. The first-order valence-electron chi connectivity index (χ1n) is 6.33. The second-order valence-corrected chi connectivity index (χ2v) is 3.88. The first-order chi connectivity index (χ1) is 10.3. The molecule has 0 aliphatic heterocycles. The molecule has 0 saturated heterocycles. The molecule has 114 valence electrons. The van der Waals surface area contributed by atoms with E-state index in [2.05, 4.69) is 35.8 Å². The second kappa shape index (κ2) is 8.04. The number of hydrogen-bond acceptors (Lipinski definition) is 10. The largest absolute Gasteiger partial charge is 0.394 e. The molecule has 2 aromatic rings. The van der Waals surface area contributed by atoms with Gasteiger partial charge in [-0.1, -0.05) is 0 Å². The van der Waals surface area contributed by atoms with Crippen LogP contribution >= 0.6 is 0 Å². The van der Waals surface area contributed by atoms with Crippen LogP contribution in [0.5, 0.6) is 0 Å². The number of aliphatic hydroxyl groups is 1. The van der Waals surface area contributed by atoms with Crippen molar-refractivity contribution in [2.45, 2.75) is 6.42 Å². The van der Waals surface area contributed by atoms with Crippen molar-refractivity contribution in [3.63, 3.8) is 0 Å². The molecular weight excluding hydrogens is 278 g/mol. The first kappa shape index (κ1) is 15.0. The molecule has 0 aromatic carbocycles. The summed E-state index contributed by atoms with van der Waals surface area (Å²) in [6.45, 7) is 1.50. The third-order valence-electron chi connectivity index (χ3n) is 2.36. The molecule has 0 spiro atoms. The van der Waals surface area contributed by atoms with Crippen molar-refractivity contribution >= 4 is 11.9 Å². The number of aromatic nitrogens is 6. The van der Waals surface area contributed by atoms with Gasteiger partial charge in [-0.2, -0.15) is 24.7 Å². The molecule has 0 fully saturated rings. The summed E-state index contributed by atoms with van der Waals surface area (Å²) in [7, 11) is 0. The Balaban J connectivity index is 1.94. The Morgan fingerprint density at radius 3 is 2.81 bits per heavy atom. The van der Waals surface area contributed by atoms with Gasteiger partial charge in [-0.05, 0) is 6.42 Å². The summed E-state index contributed by atoms with van der Waals surface area (Å²) in [5.74, 6) is 6.22. The highest BCUT2D eigenvalue weighted by atomic mass is 16.5. The van der Waals surface area contributed by atoms with Crippen LogP contribution in [-0.2, 0) is 4.74 Å². The van der Waals surface area contributed by atoms with Gasteiger partial charge < -0.3 is 15.2 Å². The number of nitrogen functional groups attached to an aromatic ring is 1. The Morgan fingerprint density at radius 2 is 2.10 bits per heavy atom. The summed E-state index contributed by atoms with van der Waals surface area (Å²) in [6, 6.07) is 0. The summed E-state index contributed by atoms with van der Waals surface area (Å²) < 4.78 is 6.55. The number of nitrogens with two attached hydrogens (primary N) is 1. The van der Waals surface area contributed by atoms with Gasteiger partial charge >= 0.3 is 0 Å². The predicted octanol–water partition coefficient (Wildman–Crippen LogP) is -1.45. The molecule has 11 heteroatoms. The zero-order valence-electron chi connectivity index (χ0n) is 11.3. The standard InChI is InChI=1S/C10H17N9O2/c11-18-9-15-8(13-2-1-4-21-5-3-20)16-10(17-9)19-7-12-6-14-19/h6-7,20H,1-5,11H2,(H2,13,15,16,17,18). The molecule has 21 heavy (non-hydrogen) atoms. The van der Waals surface area contributed by atoms with E-state index in [9.17, 15) is 0 Å². The van der Waals surface area contributed by atoms with E-state index < -0.39 is 0 Å². The Kier molecular flexibility index (Phi) is 5.75. The first-order valence-corrected chi connectivity index (χ1v) is 6.33. The van der Waals surface area contributed by atoms with Crippen molar-refractivity contribution in [3.05, 3.63) is 12.7 Å². The topological polar surface area (TPSA) is 149 Å². The number of nitrogens with zero attached hydrogens (tertiary/aromatic N) is 6. The summed E-state index contributed by atoms with van der Waals surface area (Å²) in [4.78, 5) is 16.2. The van der Waals surface area contributed by atoms with E-state index in [0.717, 1.165) is 6.42 Å². The number of anilines is 2. The Labute approximate surface area is 120 Å². The molecule has 2 aromatic heterocycles. The summed E-state index contributed by atoms with van der Waals surface area (Å²) in [5, 5.41) is 15.6. The molecule has 5 N–H and O–H groups in total. The Bertz CT molecular complexity index is 533. The zero-order chi connectivity index (χ0) is 14.9. The quantitative estimate of drug-likeness (QED) is 0.246. The molecule has 0 saturated carbocycles. The molecule has 2 rings (SSSR count). The van der Waals surface area contributed by atoms with Gasteiger partial charge in [0.25, 0.3) is 5.95 Å². The van der Waals surface area contributed by atoms with Gasteiger partial charge in [0, 0.05) is 13.2 Å². The molecule has 11 nitrogen and oxygen atoms in total. The summed E-state index contributed by atoms with van der Waals surface area (Å²) >= 11 is 0. The van der Waals surface area contributed by atoms with Crippen LogP contribution in [0.25, 0.3) is 5.95 Å². The maximum atomic E-state index is 8.58. The van der Waals surface area contributed by atoms with Crippen molar-refractivity contribution < 1.29 is 9.84 Å². The number of ether oxygens (including phenoxy) is 1. The number of aliphatic hydroxyl groups excluding tert-OH is 1. The summed E-state index contributed by atoms with van der Waals surface area (Å²) in [6.07, 6.45) is 3.60. The zero-order valence-corrected chi connectivity index (χ0v) is 11.3. The van der Waals surface area contributed by atoms with Crippen molar-refractivity contribution in [3.8, 4) is 5.95 Å². The number of rotatable bonds is 9. The van der Waals surface area contributed by atoms with E-state index in [0.29, 0.717) is 31.7 Å². The van der Waals surface area contributed by atoms with Gasteiger partial charge in [-0.25, -0.2) is 10.8 Å². The maximum Gasteiger partial charge on any atom is 0.258 e. The third-order valence-corrected chi connectivity index (χ3v) is 2.36. The molecule has 0 atom stereocenters. The number of hydrogen-bond donors (Lipinski definition) is 4. The van der Waals surface area contributed by atoms with Gasteiger partial charge in [0.05, 0.1) is 13.2 Å². The monoisotopic (exact) mass is 295 g/mol. The number of nitrogens with one attached hydrogen (secondary N) is 2. The Hall–Kier alpha value is -2.37. The van der Waals surface area contributed by atoms with E-state index in [1.165, 1.54) is 17.3 Å². The lowest BCUT2D eigenvalue weighted by Gasteiger charge is -2.08. The molecule has 0 radical (unpaired) electrons. The van der Waals surface area contributed by atoms with Gasteiger partial charge in [-0.15, -0.1) is 0 Å². The fourth-order valence-corrected chi connectivity index (χ4v) is 1.46. The van der Waals surface area contributed by atoms with Crippen LogP contribution < -0.4 is 16.6 Å². The minimum Gasteiger partial charge on any atom is -0.394 e. The van der Waals surface area contributed by atoms with Crippen molar-refractivity contribution in [2.24, 2.45) is 5.84 Å². The van der Waals surface area contributed by atoms with Gasteiger partial charge in [0.15, 0.2) is 0 Å². The molecule has 0 aliphatic carbocycles. The van der Waals surface area contributed by atoms with Crippen LogP contribution in [0.2, 0.25) is 0 Å². The Morgan fingerprint density at radius 1 is 1.24 bits per heavy atom. The highest BCUT2D eigenvalue weighted by molar-refractivity contribution is 5.36. The smallest absolute Gasteiger partial charge is 0.258 e. The van der Waals surface area contributed by atoms with Gasteiger partial charge in [0.1, 0.15) is 12.7 Å². The highest BCUT2D eigenvalue weighted by Gasteiger charge is 2.07. The average Bonchev–Trinajstić information content (AvgIpc) is 3.05. The molecule has 0 aliphatic rings. The van der Waals surface area contributed by atoms with Crippen LogP contribution in [0.1, 0.15) is 6.42 Å². The van der Waals surface area contributed by atoms with E-state index >= 15 is 0 Å². The normalized spacial score (nSPS) is 10.6. The van der Waals surface area contributed by atoms with Gasteiger partial charge in [0.2, 0.25) is 11.9 Å². The average molecular weight is 295 g/mol. The van der Waals surface area contributed by atoms with Crippen molar-refractivity contribution in [1.29, 1.82) is 0 Å². The lowest BCUT2D eigenvalue weighted by Crippen LogP contribution is -2.17. The molecule has 2 heterocycles. The van der Waals surface area contributed by atoms with Gasteiger partial charge in [-0.3, -0.25) is 5.43 Å². The van der Waals surface area contributed by atoms with Crippen LogP contribution in [0.4, 0.5) is 11.9 Å².